The van der Waals surface area contributed by atoms with Crippen molar-refractivity contribution in [2.24, 2.45) is 14.1 Å². The molecule has 0 aromatic heterocycles. The Morgan fingerprint density at radius 2 is 0.778 bits per heavy atom. The summed E-state index contributed by atoms with van der Waals surface area (Å²) in [6.07, 6.45) is 0. The third-order valence-electron chi connectivity index (χ3n) is 10.6. The summed E-state index contributed by atoms with van der Waals surface area (Å²) in [5, 5.41) is 0. The van der Waals surface area contributed by atoms with Gasteiger partial charge in [0.15, 0.2) is 0 Å². The van der Waals surface area contributed by atoms with E-state index in [1.165, 1.54) is 0 Å². The van der Waals surface area contributed by atoms with Crippen LogP contribution in [-0.2, 0) is 14.1 Å². The van der Waals surface area contributed by atoms with Gasteiger partial charge in [0.1, 0.15) is 11.5 Å². The molecule has 0 fully saturated rings. The molecule has 8 heteroatoms. The van der Waals surface area contributed by atoms with Gasteiger partial charge in [0, 0.05) is 59.3 Å². The Morgan fingerprint density at radius 1 is 0.407 bits per heavy atom. The topological polar surface area (TPSA) is 104 Å². The molecule has 0 amide bonds. The number of fused-ring (bicyclic) bond motifs is 4. The molecule has 1 aromatic carbocycles. The number of aromatic nitrogens is 2. The first-order chi connectivity index (χ1) is 26.3. The summed E-state index contributed by atoms with van der Waals surface area (Å²) in [6.45, 7) is 0. The van der Waals surface area contributed by atoms with Crippen LogP contribution < -0.4 is 22.4 Å². The maximum atomic E-state index is 14.5. The van der Waals surface area contributed by atoms with E-state index in [2.05, 4.69) is 0 Å². The van der Waals surface area contributed by atoms with Gasteiger partial charge in [-0.1, -0.05) is 121 Å². The molecule has 0 atom stereocenters. The van der Waals surface area contributed by atoms with Crippen LogP contribution in [0.15, 0.2) is 174 Å². The minimum atomic E-state index is -0.938. The Morgan fingerprint density at radius 3 is 1.22 bits per heavy atom. The summed E-state index contributed by atoms with van der Waals surface area (Å²) in [7, 11) is 3.47. The van der Waals surface area contributed by atoms with Gasteiger partial charge >= 0.3 is 11.3 Å². The van der Waals surface area contributed by atoms with Crippen molar-refractivity contribution in [1.82, 2.24) is 9.13 Å². The zero-order valence-corrected chi connectivity index (χ0v) is 29.4. The largest absolute Gasteiger partial charge is 0.422 e. The Bertz CT molecular complexity index is 2800. The standard InChI is InChI=1S/C46H32N2O6/c1-47-33-22-11-3-7-18-29(33)39(43(47)49)37(40-30-19-8-4-12-23-34(30)48(2)44(40)50)27-16-15-17-28(26-27)38(41-31-20-9-5-13-24-35(31)53-45(41)51)42-32-21-10-6-14-25-36(32)54-46(42)52/h3-26,37-38H,1-2H3. The van der Waals surface area contributed by atoms with Crippen molar-refractivity contribution < 1.29 is 8.83 Å². The van der Waals surface area contributed by atoms with Gasteiger partial charge in [-0.15, -0.1) is 0 Å². The molecule has 8 aliphatic rings. The van der Waals surface area contributed by atoms with Gasteiger partial charge in [0.2, 0.25) is 0 Å². The van der Waals surface area contributed by atoms with Gasteiger partial charge in [-0.25, -0.2) is 9.59 Å². The summed E-state index contributed by atoms with van der Waals surface area (Å²) in [4.78, 5) is 56.9. The predicted octanol–water partition coefficient (Wildman–Crippen LogP) is 7.77. The molecule has 4 heterocycles. The number of nitrogens with zero attached hydrogens (tertiary/aromatic N) is 2. The first kappa shape index (κ1) is 32.8. The van der Waals surface area contributed by atoms with Crippen LogP contribution in [0.4, 0.5) is 0 Å². The lowest BCUT2D eigenvalue weighted by atomic mass is 9.79. The molecule has 8 nitrogen and oxygen atoms in total. The molecular weight excluding hydrogens is 677 g/mol. The van der Waals surface area contributed by atoms with E-state index < -0.39 is 23.1 Å². The van der Waals surface area contributed by atoms with Crippen molar-refractivity contribution in [2.75, 3.05) is 0 Å². The van der Waals surface area contributed by atoms with Gasteiger partial charge in [-0.3, -0.25) is 9.59 Å². The quantitative estimate of drug-likeness (QED) is 0.175. The molecule has 0 N–H and O–H groups in total. The van der Waals surface area contributed by atoms with Crippen LogP contribution in [0.1, 0.15) is 45.2 Å². The third kappa shape index (κ3) is 5.06. The molecule has 54 heavy (non-hydrogen) atoms. The van der Waals surface area contributed by atoms with E-state index in [4.69, 9.17) is 8.83 Å². The molecule has 1 aromatic rings. The van der Waals surface area contributed by atoms with Gasteiger partial charge < -0.3 is 18.0 Å². The number of furan rings is 2. The van der Waals surface area contributed by atoms with Gasteiger partial charge in [0.25, 0.3) is 11.1 Å². The van der Waals surface area contributed by atoms with Gasteiger partial charge in [-0.05, 0) is 35.4 Å². The highest BCUT2D eigenvalue weighted by Crippen LogP contribution is 2.44. The van der Waals surface area contributed by atoms with Crippen molar-refractivity contribution in [2.45, 2.75) is 11.8 Å². The normalized spacial score (nSPS) is 11.8. The lowest BCUT2D eigenvalue weighted by molar-refractivity contribution is 0.533. The highest BCUT2D eigenvalue weighted by atomic mass is 16.4. The summed E-state index contributed by atoms with van der Waals surface area (Å²) >= 11 is 0. The van der Waals surface area contributed by atoms with E-state index in [0.29, 0.717) is 56.0 Å². The first-order valence-corrected chi connectivity index (χ1v) is 17.6. The van der Waals surface area contributed by atoms with Crippen molar-refractivity contribution >= 4 is 0 Å². The fourth-order valence-electron chi connectivity index (χ4n) is 8.12. The van der Waals surface area contributed by atoms with Crippen molar-refractivity contribution in [3.05, 3.63) is 221 Å². The molecule has 4 aliphatic heterocycles. The zero-order chi connectivity index (χ0) is 37.1. The second-order valence-corrected chi connectivity index (χ2v) is 13.5. The highest BCUT2D eigenvalue weighted by Gasteiger charge is 2.37. The number of hydrogen-bond donors (Lipinski definition) is 0. The monoisotopic (exact) mass is 708 g/mol. The molecular formula is C46H32N2O6. The lowest BCUT2D eigenvalue weighted by Crippen LogP contribution is -2.23. The number of hydrogen-bond acceptors (Lipinski definition) is 6. The van der Waals surface area contributed by atoms with Crippen LogP contribution in [0.25, 0.3) is 45.2 Å². The van der Waals surface area contributed by atoms with Crippen LogP contribution >= 0.6 is 0 Å². The summed E-state index contributed by atoms with van der Waals surface area (Å²) in [6, 6.07) is 44.4. The molecule has 0 radical (unpaired) electrons. The van der Waals surface area contributed by atoms with Crippen molar-refractivity contribution in [3.63, 3.8) is 0 Å². The Kier molecular flexibility index (Phi) is 7.82. The zero-order valence-electron chi connectivity index (χ0n) is 29.4. The van der Waals surface area contributed by atoms with E-state index in [1.54, 1.807) is 47.5 Å². The molecule has 4 aliphatic carbocycles. The van der Waals surface area contributed by atoms with E-state index in [9.17, 15) is 19.2 Å². The highest BCUT2D eigenvalue weighted by molar-refractivity contribution is 5.76. The van der Waals surface area contributed by atoms with Crippen LogP contribution in [0.2, 0.25) is 0 Å². The molecule has 0 saturated heterocycles. The first-order valence-electron chi connectivity index (χ1n) is 17.6. The average Bonchev–Trinajstić information content (AvgIpc) is 3.49. The van der Waals surface area contributed by atoms with Crippen LogP contribution in [0.5, 0.6) is 0 Å². The Labute approximate surface area is 308 Å². The Balaban J connectivity index is 1.37. The van der Waals surface area contributed by atoms with Crippen molar-refractivity contribution in [1.29, 1.82) is 0 Å². The Hall–Kier alpha value is -7.06. The van der Waals surface area contributed by atoms with Crippen LogP contribution in [0.3, 0.4) is 0 Å². The SMILES string of the molecule is Cn1c2cccccc-2c(C(c2cccc(C(c3c4cccccc-4oc3=O)c3c4cccccc-4oc3=O)c2)c2c3cccccc-3n(C)c2=O)c1=O. The van der Waals surface area contributed by atoms with E-state index in [-0.39, 0.29) is 22.2 Å². The summed E-state index contributed by atoms with van der Waals surface area (Å²) < 4.78 is 14.9. The van der Waals surface area contributed by atoms with E-state index >= 15 is 0 Å². The predicted molar refractivity (Wildman–Crippen MR) is 208 cm³/mol. The van der Waals surface area contributed by atoms with Gasteiger partial charge in [0.05, 0.1) is 22.5 Å². The molecule has 9 rings (SSSR count). The molecule has 0 spiro atoms. The van der Waals surface area contributed by atoms with Crippen LogP contribution in [-0.4, -0.2) is 9.13 Å². The van der Waals surface area contributed by atoms with Crippen LogP contribution in [0, 0.1) is 0 Å². The fourth-order valence-corrected chi connectivity index (χ4v) is 8.12. The summed E-state index contributed by atoms with van der Waals surface area (Å²) in [5.74, 6) is -1.01. The van der Waals surface area contributed by atoms with Gasteiger partial charge in [-0.2, -0.15) is 0 Å². The minimum absolute atomic E-state index is 0.231. The van der Waals surface area contributed by atoms with Crippen molar-refractivity contribution in [3.8, 4) is 45.2 Å². The summed E-state index contributed by atoms with van der Waals surface area (Å²) in [5.41, 5.74) is 5.04. The maximum absolute atomic E-state index is 14.5. The molecule has 262 valence electrons. The molecule has 0 unspecified atom stereocenters. The number of rotatable bonds is 6. The fraction of sp³-hybridized carbons (Fsp3) is 0.0870. The lowest BCUT2D eigenvalue weighted by Gasteiger charge is -2.21. The van der Waals surface area contributed by atoms with E-state index in [0.717, 1.165) is 11.4 Å². The minimum Gasteiger partial charge on any atom is -0.422 e. The number of benzene rings is 1. The second-order valence-electron chi connectivity index (χ2n) is 13.5. The average molecular weight is 709 g/mol. The maximum Gasteiger partial charge on any atom is 0.341 e. The second kappa shape index (κ2) is 12.9. The molecule has 0 bridgehead atoms. The van der Waals surface area contributed by atoms with E-state index in [1.807, 2.05) is 121 Å². The third-order valence-corrected chi connectivity index (χ3v) is 10.6. The molecule has 0 saturated carbocycles. The smallest absolute Gasteiger partial charge is 0.341 e.